The number of hydrogen-bond acceptors (Lipinski definition) is 5. The first-order valence-corrected chi connectivity index (χ1v) is 12.4. The number of hydrogen-bond donors (Lipinski definition) is 2. The molecule has 0 atom stereocenters. The summed E-state index contributed by atoms with van der Waals surface area (Å²) in [7, 11) is 0. The molecule has 0 bridgehead atoms. The summed E-state index contributed by atoms with van der Waals surface area (Å²) in [4.78, 5) is 4.21. The number of nitrogens with zero attached hydrogens (tertiary/aromatic N) is 4. The number of aromatic nitrogens is 3. The van der Waals surface area contributed by atoms with Crippen LogP contribution in [0.4, 0.5) is 32.0 Å². The molecule has 0 radical (unpaired) electrons. The van der Waals surface area contributed by atoms with Crippen LogP contribution in [0, 0.1) is 5.82 Å². The number of halogens is 6. The van der Waals surface area contributed by atoms with Crippen LogP contribution >= 0.6 is 12.2 Å². The molecule has 4 rings (SSSR count). The van der Waals surface area contributed by atoms with Gasteiger partial charge in [-0.1, -0.05) is 44.2 Å². The van der Waals surface area contributed by atoms with Crippen LogP contribution in [-0.4, -0.2) is 38.4 Å². The second kappa shape index (κ2) is 12.0. The predicted molar refractivity (Wildman–Crippen MR) is 146 cm³/mol. The molecule has 214 valence electrons. The maximum atomic E-state index is 13.7. The van der Waals surface area contributed by atoms with Crippen LogP contribution < -0.4 is 15.5 Å². The first kappa shape index (κ1) is 29.5. The Morgan fingerprint density at radius 1 is 1.00 bits per heavy atom. The minimum absolute atomic E-state index is 0.159. The minimum Gasteiger partial charge on any atom is -0.426 e. The second-order valence-electron chi connectivity index (χ2n) is 8.96. The van der Waals surface area contributed by atoms with Crippen LogP contribution in [0.1, 0.15) is 30.9 Å². The van der Waals surface area contributed by atoms with Crippen LogP contribution in [-0.2, 0) is 0 Å². The summed E-state index contributed by atoms with van der Waals surface area (Å²) in [6, 6.07) is 15.9. The first-order valence-electron chi connectivity index (χ1n) is 12.0. The molecule has 0 aliphatic carbocycles. The molecule has 4 aromatic rings. The molecule has 0 saturated carbocycles. The molecule has 3 aromatic carbocycles. The number of rotatable bonds is 8. The lowest BCUT2D eigenvalue weighted by atomic mass is 10.0. The van der Waals surface area contributed by atoms with Crippen LogP contribution in [0.2, 0.25) is 0 Å². The number of ether oxygens (including phenoxy) is 1. The SMILES string of the molecule is CC(C)c1ccc(F)cc1NC(=S)N/N=C/c1ccc(-c2ncn(-c3ccc(OC(F)(F)C(F)(F)F)cc3)n2)cc1. The Kier molecular flexibility index (Phi) is 8.61. The van der Waals surface area contributed by atoms with Gasteiger partial charge in [0.15, 0.2) is 10.9 Å². The second-order valence-corrected chi connectivity index (χ2v) is 9.36. The highest BCUT2D eigenvalue weighted by molar-refractivity contribution is 7.80. The van der Waals surface area contributed by atoms with Gasteiger partial charge in [0.1, 0.15) is 17.9 Å². The summed E-state index contributed by atoms with van der Waals surface area (Å²) < 4.78 is 82.0. The van der Waals surface area contributed by atoms with Gasteiger partial charge in [-0.2, -0.15) is 27.1 Å². The van der Waals surface area contributed by atoms with Crippen molar-refractivity contribution in [3.63, 3.8) is 0 Å². The number of nitrogens with one attached hydrogen (secondary N) is 2. The summed E-state index contributed by atoms with van der Waals surface area (Å²) in [5.74, 6) is -0.542. The Labute approximate surface area is 235 Å². The van der Waals surface area contributed by atoms with Crippen LogP contribution in [0.3, 0.4) is 0 Å². The molecule has 1 aromatic heterocycles. The van der Waals surface area contributed by atoms with E-state index in [2.05, 4.69) is 30.7 Å². The highest BCUT2D eigenvalue weighted by Gasteiger charge is 2.61. The van der Waals surface area contributed by atoms with E-state index in [1.54, 1.807) is 30.3 Å². The van der Waals surface area contributed by atoms with Gasteiger partial charge in [-0.15, -0.1) is 5.10 Å². The average Bonchev–Trinajstić information content (AvgIpc) is 3.39. The van der Waals surface area contributed by atoms with Crippen LogP contribution in [0.5, 0.6) is 5.75 Å². The van der Waals surface area contributed by atoms with E-state index in [-0.39, 0.29) is 16.8 Å². The molecular weight excluding hydrogens is 570 g/mol. The summed E-state index contributed by atoms with van der Waals surface area (Å²) in [5.41, 5.74) is 5.89. The standard InChI is InChI=1S/C27H22F6N6OS/c1-16(2)22-12-7-19(28)13-23(22)36-25(41)37-35-14-17-3-5-18(6-4-17)24-34-15-39(38-24)20-8-10-21(11-9-20)40-27(32,33)26(29,30)31/h3-16H,1-2H3,(H2,36,37,41)/b35-14+. The minimum atomic E-state index is -5.84. The summed E-state index contributed by atoms with van der Waals surface area (Å²) in [6.45, 7) is 3.97. The van der Waals surface area contributed by atoms with E-state index in [0.29, 0.717) is 22.8 Å². The lowest BCUT2D eigenvalue weighted by Gasteiger charge is -2.20. The lowest BCUT2D eigenvalue weighted by molar-refractivity contribution is -0.360. The lowest BCUT2D eigenvalue weighted by Crippen LogP contribution is -2.41. The Hall–Kier alpha value is -4.46. The highest BCUT2D eigenvalue weighted by atomic mass is 32.1. The maximum absolute atomic E-state index is 13.7. The molecule has 41 heavy (non-hydrogen) atoms. The highest BCUT2D eigenvalue weighted by Crippen LogP contribution is 2.37. The molecule has 7 nitrogen and oxygen atoms in total. The van der Waals surface area contributed by atoms with Gasteiger partial charge < -0.3 is 10.1 Å². The molecule has 0 unspecified atom stereocenters. The van der Waals surface area contributed by atoms with E-state index in [1.165, 1.54) is 41.5 Å². The third kappa shape index (κ3) is 7.39. The zero-order chi connectivity index (χ0) is 29.8. The molecule has 0 amide bonds. The maximum Gasteiger partial charge on any atom is 0.499 e. The molecule has 0 spiro atoms. The molecule has 14 heteroatoms. The molecule has 0 aliphatic heterocycles. The van der Waals surface area contributed by atoms with Crippen molar-refractivity contribution in [3.05, 3.63) is 90.0 Å². The smallest absolute Gasteiger partial charge is 0.426 e. The molecular formula is C27H22F6N6OS. The first-order chi connectivity index (χ1) is 19.3. The van der Waals surface area contributed by atoms with Gasteiger partial charge in [0.05, 0.1) is 11.9 Å². The molecule has 0 saturated heterocycles. The molecule has 0 aliphatic rings. The van der Waals surface area contributed by atoms with E-state index < -0.39 is 18.0 Å². The summed E-state index contributed by atoms with van der Waals surface area (Å²) in [5, 5.41) is 11.5. The molecule has 2 N–H and O–H groups in total. The van der Waals surface area contributed by atoms with Crippen molar-refractivity contribution in [1.29, 1.82) is 0 Å². The van der Waals surface area contributed by atoms with Crippen LogP contribution in [0.15, 0.2) is 78.2 Å². The number of benzene rings is 3. The topological polar surface area (TPSA) is 76.4 Å². The number of thiocarbonyl (C=S) groups is 1. The van der Waals surface area contributed by atoms with Gasteiger partial charge in [-0.3, -0.25) is 5.43 Å². The van der Waals surface area contributed by atoms with E-state index in [1.807, 2.05) is 13.8 Å². The van der Waals surface area contributed by atoms with E-state index in [4.69, 9.17) is 12.2 Å². The Morgan fingerprint density at radius 3 is 2.32 bits per heavy atom. The van der Waals surface area contributed by atoms with Crippen molar-refractivity contribution in [2.75, 3.05) is 5.32 Å². The molecule has 0 fully saturated rings. The van der Waals surface area contributed by atoms with Crippen molar-refractivity contribution < 1.29 is 31.1 Å². The van der Waals surface area contributed by atoms with Crippen molar-refractivity contribution in [2.24, 2.45) is 5.10 Å². The normalized spacial score (nSPS) is 12.1. The Balaban J connectivity index is 1.35. The van der Waals surface area contributed by atoms with Crippen LogP contribution in [0.25, 0.3) is 17.1 Å². The fraction of sp³-hybridized carbons (Fsp3) is 0.185. The summed E-state index contributed by atoms with van der Waals surface area (Å²) >= 11 is 5.25. The van der Waals surface area contributed by atoms with Crippen molar-refractivity contribution in [3.8, 4) is 22.8 Å². The predicted octanol–water partition coefficient (Wildman–Crippen LogP) is 7.05. The fourth-order valence-electron chi connectivity index (χ4n) is 3.57. The number of anilines is 1. The number of hydrazone groups is 1. The van der Waals surface area contributed by atoms with Crippen molar-refractivity contribution in [1.82, 2.24) is 20.2 Å². The largest absolute Gasteiger partial charge is 0.499 e. The van der Waals surface area contributed by atoms with E-state index >= 15 is 0 Å². The monoisotopic (exact) mass is 592 g/mol. The Bertz CT molecular complexity index is 1540. The fourth-order valence-corrected chi connectivity index (χ4v) is 3.73. The number of alkyl halides is 5. The quantitative estimate of drug-likeness (QED) is 0.0989. The average molecular weight is 593 g/mol. The zero-order valence-electron chi connectivity index (χ0n) is 21.5. The summed E-state index contributed by atoms with van der Waals surface area (Å²) in [6.07, 6.45) is -8.25. The van der Waals surface area contributed by atoms with E-state index in [9.17, 15) is 26.3 Å². The van der Waals surface area contributed by atoms with Gasteiger partial charge in [-0.05, 0) is 65.7 Å². The Morgan fingerprint density at radius 2 is 1.68 bits per heavy atom. The van der Waals surface area contributed by atoms with Gasteiger partial charge in [0.25, 0.3) is 0 Å². The zero-order valence-corrected chi connectivity index (χ0v) is 22.3. The third-order valence-corrected chi connectivity index (χ3v) is 5.80. The van der Waals surface area contributed by atoms with Gasteiger partial charge in [0.2, 0.25) is 0 Å². The van der Waals surface area contributed by atoms with Crippen molar-refractivity contribution in [2.45, 2.75) is 32.1 Å². The van der Waals surface area contributed by atoms with E-state index in [0.717, 1.165) is 23.3 Å². The van der Waals surface area contributed by atoms with Crippen molar-refractivity contribution >= 4 is 29.2 Å². The molecule has 1 heterocycles. The van der Waals surface area contributed by atoms with Gasteiger partial charge >= 0.3 is 12.3 Å². The van der Waals surface area contributed by atoms with Gasteiger partial charge in [-0.25, -0.2) is 14.1 Å². The third-order valence-electron chi connectivity index (χ3n) is 5.60. The van der Waals surface area contributed by atoms with Gasteiger partial charge in [0, 0.05) is 11.3 Å².